The molecule has 0 spiro atoms. The molecule has 1 N–H and O–H groups in total. The maximum atomic E-state index is 12.8. The molecule has 166 valence electrons. The first-order valence-electron chi connectivity index (χ1n) is 10.2. The summed E-state index contributed by atoms with van der Waals surface area (Å²) >= 11 is 0. The van der Waals surface area contributed by atoms with Gasteiger partial charge in [0.1, 0.15) is 17.3 Å². The summed E-state index contributed by atoms with van der Waals surface area (Å²) in [6.07, 6.45) is 2.32. The number of carbonyl (C=O) groups is 2. The molecule has 3 rings (SSSR count). The van der Waals surface area contributed by atoms with Crippen molar-refractivity contribution in [2.45, 2.75) is 13.3 Å². The Morgan fingerprint density at radius 1 is 1.06 bits per heavy atom. The summed E-state index contributed by atoms with van der Waals surface area (Å²) < 4.78 is 15.6. The van der Waals surface area contributed by atoms with Crippen molar-refractivity contribution in [1.29, 1.82) is 0 Å². The SMILES string of the molecule is CCOC(=O)c1ccc(N2CCCN(C(=O)Nc3cc(OC)ccc3OC)CC2)nc1. The molecule has 2 heterocycles. The number of nitrogens with one attached hydrogen (secondary N) is 1. The predicted octanol–water partition coefficient (Wildman–Crippen LogP) is 3.02. The van der Waals surface area contributed by atoms with Crippen molar-refractivity contribution >= 4 is 23.5 Å². The van der Waals surface area contributed by atoms with Gasteiger partial charge in [0, 0.05) is 38.4 Å². The second-order valence-electron chi connectivity index (χ2n) is 6.95. The number of anilines is 2. The third kappa shape index (κ3) is 5.56. The zero-order chi connectivity index (χ0) is 22.2. The molecule has 2 amide bonds. The topological polar surface area (TPSA) is 93.2 Å². The van der Waals surface area contributed by atoms with Crippen LogP contribution in [0.3, 0.4) is 0 Å². The van der Waals surface area contributed by atoms with Crippen LogP contribution in [0.2, 0.25) is 0 Å². The molecule has 9 heteroatoms. The van der Waals surface area contributed by atoms with Crippen LogP contribution in [0.4, 0.5) is 16.3 Å². The minimum Gasteiger partial charge on any atom is -0.497 e. The van der Waals surface area contributed by atoms with Crippen LogP contribution in [0, 0.1) is 0 Å². The quantitative estimate of drug-likeness (QED) is 0.707. The van der Waals surface area contributed by atoms with Crippen molar-refractivity contribution in [3.05, 3.63) is 42.1 Å². The Labute approximate surface area is 181 Å². The average Bonchev–Trinajstić information content (AvgIpc) is 3.06. The smallest absolute Gasteiger partial charge is 0.339 e. The lowest BCUT2D eigenvalue weighted by atomic mass is 10.2. The van der Waals surface area contributed by atoms with Crippen LogP contribution in [-0.4, -0.2) is 68.9 Å². The summed E-state index contributed by atoms with van der Waals surface area (Å²) in [5, 5.41) is 2.92. The van der Waals surface area contributed by atoms with E-state index in [4.69, 9.17) is 14.2 Å². The van der Waals surface area contributed by atoms with E-state index in [1.807, 2.05) is 6.07 Å². The molecular formula is C22H28N4O5. The van der Waals surface area contributed by atoms with Crippen LogP contribution in [-0.2, 0) is 4.74 Å². The van der Waals surface area contributed by atoms with Gasteiger partial charge in [-0.15, -0.1) is 0 Å². The highest BCUT2D eigenvalue weighted by molar-refractivity contribution is 5.91. The zero-order valence-electron chi connectivity index (χ0n) is 18.1. The van der Waals surface area contributed by atoms with Gasteiger partial charge in [-0.25, -0.2) is 14.6 Å². The fourth-order valence-corrected chi connectivity index (χ4v) is 3.36. The summed E-state index contributed by atoms with van der Waals surface area (Å²) in [7, 11) is 3.13. The van der Waals surface area contributed by atoms with E-state index in [0.717, 1.165) is 18.8 Å². The number of hydrogen-bond donors (Lipinski definition) is 1. The Balaban J connectivity index is 1.62. The fraction of sp³-hybridized carbons (Fsp3) is 0.409. The van der Waals surface area contributed by atoms with Gasteiger partial charge in [-0.2, -0.15) is 0 Å². The van der Waals surface area contributed by atoms with Gasteiger partial charge < -0.3 is 29.3 Å². The van der Waals surface area contributed by atoms with Gasteiger partial charge in [0.2, 0.25) is 0 Å². The molecule has 1 aliphatic rings. The number of aromatic nitrogens is 1. The van der Waals surface area contributed by atoms with E-state index in [2.05, 4.69) is 15.2 Å². The van der Waals surface area contributed by atoms with Crippen LogP contribution in [0.15, 0.2) is 36.5 Å². The van der Waals surface area contributed by atoms with Crippen molar-refractivity contribution in [2.24, 2.45) is 0 Å². The lowest BCUT2D eigenvalue weighted by Crippen LogP contribution is -2.38. The molecule has 1 aromatic heterocycles. The largest absolute Gasteiger partial charge is 0.497 e. The number of ether oxygens (including phenoxy) is 3. The van der Waals surface area contributed by atoms with E-state index in [1.54, 1.807) is 50.3 Å². The summed E-state index contributed by atoms with van der Waals surface area (Å²) in [4.78, 5) is 32.9. The highest BCUT2D eigenvalue weighted by Gasteiger charge is 2.21. The molecule has 9 nitrogen and oxygen atoms in total. The summed E-state index contributed by atoms with van der Waals surface area (Å²) in [6, 6.07) is 8.59. The van der Waals surface area contributed by atoms with E-state index in [-0.39, 0.29) is 12.0 Å². The number of carbonyl (C=O) groups excluding carboxylic acids is 2. The number of hydrogen-bond acceptors (Lipinski definition) is 7. The lowest BCUT2D eigenvalue weighted by Gasteiger charge is -2.23. The second kappa shape index (κ2) is 10.5. The Kier molecular flexibility index (Phi) is 7.53. The minimum absolute atomic E-state index is 0.195. The molecule has 0 unspecified atom stereocenters. The Hall–Kier alpha value is -3.49. The number of benzene rings is 1. The third-order valence-corrected chi connectivity index (χ3v) is 5.01. The first-order chi connectivity index (χ1) is 15.0. The molecule has 1 fully saturated rings. The Bertz CT molecular complexity index is 903. The van der Waals surface area contributed by atoms with Crippen LogP contribution in [0.5, 0.6) is 11.5 Å². The number of pyridine rings is 1. The molecule has 0 radical (unpaired) electrons. The number of amides is 2. The molecule has 1 saturated heterocycles. The van der Waals surface area contributed by atoms with Crippen molar-refractivity contribution in [2.75, 3.05) is 57.2 Å². The molecule has 1 aliphatic heterocycles. The maximum absolute atomic E-state index is 12.8. The van der Waals surface area contributed by atoms with E-state index < -0.39 is 0 Å². The number of nitrogens with zero attached hydrogens (tertiary/aromatic N) is 3. The van der Waals surface area contributed by atoms with Gasteiger partial charge in [-0.3, -0.25) is 0 Å². The summed E-state index contributed by atoms with van der Waals surface area (Å²) in [6.45, 7) is 4.65. The normalized spacial score (nSPS) is 13.9. The molecule has 2 aromatic rings. The minimum atomic E-state index is -0.381. The highest BCUT2D eigenvalue weighted by Crippen LogP contribution is 2.29. The first-order valence-corrected chi connectivity index (χ1v) is 10.2. The van der Waals surface area contributed by atoms with Crippen LogP contribution in [0.1, 0.15) is 23.7 Å². The van der Waals surface area contributed by atoms with E-state index in [9.17, 15) is 9.59 Å². The van der Waals surface area contributed by atoms with Gasteiger partial charge >= 0.3 is 12.0 Å². The Morgan fingerprint density at radius 2 is 1.90 bits per heavy atom. The van der Waals surface area contributed by atoms with Gasteiger partial charge in [-0.1, -0.05) is 0 Å². The number of esters is 1. The number of rotatable bonds is 6. The standard InChI is InChI=1S/C22H28N4O5/c1-4-31-21(27)16-6-9-20(23-15-16)25-10-5-11-26(13-12-25)22(28)24-18-14-17(29-2)7-8-19(18)30-3/h6-9,14-15H,4-5,10-13H2,1-3H3,(H,24,28). The van der Waals surface area contributed by atoms with E-state index >= 15 is 0 Å². The predicted molar refractivity (Wildman–Crippen MR) is 117 cm³/mol. The van der Waals surface area contributed by atoms with Gasteiger partial charge in [0.15, 0.2) is 0 Å². The molecule has 0 bridgehead atoms. The van der Waals surface area contributed by atoms with Gasteiger partial charge in [0.25, 0.3) is 0 Å². The van der Waals surface area contributed by atoms with Crippen LogP contribution >= 0.6 is 0 Å². The van der Waals surface area contributed by atoms with Crippen LogP contribution in [0.25, 0.3) is 0 Å². The number of urea groups is 1. The fourth-order valence-electron chi connectivity index (χ4n) is 3.36. The molecule has 1 aromatic carbocycles. The summed E-state index contributed by atoms with van der Waals surface area (Å²) in [5.41, 5.74) is 0.984. The van der Waals surface area contributed by atoms with Gasteiger partial charge in [0.05, 0.1) is 32.1 Å². The van der Waals surface area contributed by atoms with Crippen molar-refractivity contribution in [3.63, 3.8) is 0 Å². The lowest BCUT2D eigenvalue weighted by molar-refractivity contribution is 0.0526. The molecule has 0 atom stereocenters. The highest BCUT2D eigenvalue weighted by atomic mass is 16.5. The summed E-state index contributed by atoms with van der Waals surface area (Å²) in [5.74, 6) is 1.59. The maximum Gasteiger partial charge on any atom is 0.339 e. The number of methoxy groups -OCH3 is 2. The van der Waals surface area contributed by atoms with Crippen molar-refractivity contribution in [1.82, 2.24) is 9.88 Å². The second-order valence-corrected chi connectivity index (χ2v) is 6.95. The van der Waals surface area contributed by atoms with Gasteiger partial charge in [-0.05, 0) is 37.6 Å². The molecule has 0 aliphatic carbocycles. The van der Waals surface area contributed by atoms with Crippen LogP contribution < -0.4 is 19.7 Å². The van der Waals surface area contributed by atoms with Crippen molar-refractivity contribution < 1.29 is 23.8 Å². The molecular weight excluding hydrogens is 400 g/mol. The van der Waals surface area contributed by atoms with Crippen molar-refractivity contribution in [3.8, 4) is 11.5 Å². The molecule has 0 saturated carbocycles. The zero-order valence-corrected chi connectivity index (χ0v) is 18.1. The Morgan fingerprint density at radius 3 is 2.58 bits per heavy atom. The monoisotopic (exact) mass is 428 g/mol. The third-order valence-electron chi connectivity index (χ3n) is 5.01. The van der Waals surface area contributed by atoms with E-state index in [1.165, 1.54) is 6.20 Å². The average molecular weight is 428 g/mol. The van der Waals surface area contributed by atoms with E-state index in [0.29, 0.717) is 49.0 Å². The molecule has 31 heavy (non-hydrogen) atoms. The first kappa shape index (κ1) is 22.2.